The van der Waals surface area contributed by atoms with Gasteiger partial charge in [-0.25, -0.2) is 4.98 Å². The zero-order valence-corrected chi connectivity index (χ0v) is 12.5. The summed E-state index contributed by atoms with van der Waals surface area (Å²) in [6.07, 6.45) is 0. The Hall–Kier alpha value is -0.160. The van der Waals surface area contributed by atoms with Crippen LogP contribution in [0.1, 0.15) is 31.5 Å². The van der Waals surface area contributed by atoms with Gasteiger partial charge >= 0.3 is 0 Å². The highest BCUT2D eigenvalue weighted by atomic mass is 35.5. The van der Waals surface area contributed by atoms with Crippen molar-refractivity contribution in [3.05, 3.63) is 16.1 Å². The maximum atomic E-state index is 6.02. The molecule has 98 valence electrons. The Labute approximate surface area is 113 Å². The molecule has 17 heavy (non-hydrogen) atoms. The van der Waals surface area contributed by atoms with Crippen LogP contribution in [-0.2, 0) is 16.7 Å². The molecule has 1 rings (SSSR count). The van der Waals surface area contributed by atoms with Crippen molar-refractivity contribution in [3.63, 3.8) is 0 Å². The quantitative estimate of drug-likeness (QED) is 0.812. The molecule has 1 aromatic heterocycles. The van der Waals surface area contributed by atoms with E-state index in [1.165, 1.54) is 0 Å². The number of ether oxygens (including phenoxy) is 1. The molecule has 3 nitrogen and oxygen atoms in total. The van der Waals surface area contributed by atoms with E-state index in [0.717, 1.165) is 23.8 Å². The molecule has 0 spiro atoms. The summed E-state index contributed by atoms with van der Waals surface area (Å²) >= 11 is 7.71. The molecule has 0 aliphatic rings. The van der Waals surface area contributed by atoms with Crippen molar-refractivity contribution in [2.75, 3.05) is 20.3 Å². The minimum atomic E-state index is 0.0158. The van der Waals surface area contributed by atoms with Crippen LogP contribution in [0, 0.1) is 0 Å². The van der Waals surface area contributed by atoms with E-state index in [4.69, 9.17) is 16.3 Å². The minimum Gasteiger partial charge on any atom is -0.383 e. The van der Waals surface area contributed by atoms with Crippen LogP contribution in [0.25, 0.3) is 0 Å². The highest BCUT2D eigenvalue weighted by molar-refractivity contribution is 7.09. The summed E-state index contributed by atoms with van der Waals surface area (Å²) in [6, 6.07) is 0. The predicted molar refractivity (Wildman–Crippen MR) is 74.0 cm³/mol. The van der Waals surface area contributed by atoms with Crippen molar-refractivity contribution in [3.8, 4) is 0 Å². The smallest absolute Gasteiger partial charge is 0.107 e. The summed E-state index contributed by atoms with van der Waals surface area (Å²) in [5.41, 5.74) is 1.28. The number of aromatic nitrogens is 1. The summed E-state index contributed by atoms with van der Waals surface area (Å²) in [4.78, 5) is 4.61. The Balaban J connectivity index is 2.35. The molecule has 1 atom stereocenters. The monoisotopic (exact) mass is 276 g/mol. The van der Waals surface area contributed by atoms with Gasteiger partial charge in [-0.2, -0.15) is 0 Å². The van der Waals surface area contributed by atoms with Gasteiger partial charge in [-0.15, -0.1) is 22.9 Å². The molecule has 0 aliphatic heterocycles. The summed E-state index contributed by atoms with van der Waals surface area (Å²) in [6.45, 7) is 8.60. The van der Waals surface area contributed by atoms with E-state index in [0.29, 0.717) is 6.61 Å². The number of methoxy groups -OCH3 is 1. The fourth-order valence-corrected chi connectivity index (χ4v) is 2.54. The average Bonchev–Trinajstić information content (AvgIpc) is 2.66. The Bertz CT molecular complexity index is 335. The first-order chi connectivity index (χ1) is 7.93. The van der Waals surface area contributed by atoms with Gasteiger partial charge in [0.1, 0.15) is 5.01 Å². The van der Waals surface area contributed by atoms with Gasteiger partial charge in [0, 0.05) is 31.0 Å². The van der Waals surface area contributed by atoms with Gasteiger partial charge in [-0.1, -0.05) is 20.8 Å². The summed E-state index contributed by atoms with van der Waals surface area (Å²) in [5, 5.41) is 6.54. The second kappa shape index (κ2) is 6.69. The third-order valence-electron chi connectivity index (χ3n) is 2.31. The number of hydrogen-bond donors (Lipinski definition) is 1. The van der Waals surface area contributed by atoms with Crippen LogP contribution in [0.2, 0.25) is 0 Å². The topological polar surface area (TPSA) is 34.1 Å². The van der Waals surface area contributed by atoms with E-state index in [9.17, 15) is 0 Å². The van der Waals surface area contributed by atoms with Crippen molar-refractivity contribution < 1.29 is 4.74 Å². The maximum absolute atomic E-state index is 6.02. The predicted octanol–water partition coefficient (Wildman–Crippen LogP) is 2.78. The van der Waals surface area contributed by atoms with Gasteiger partial charge in [0.05, 0.1) is 17.7 Å². The van der Waals surface area contributed by atoms with Crippen molar-refractivity contribution in [2.24, 2.45) is 0 Å². The zero-order chi connectivity index (χ0) is 12.9. The number of nitrogens with one attached hydrogen (secondary N) is 1. The third-order valence-corrected chi connectivity index (χ3v) is 3.44. The van der Waals surface area contributed by atoms with Crippen molar-refractivity contribution in [1.82, 2.24) is 10.3 Å². The van der Waals surface area contributed by atoms with Crippen LogP contribution < -0.4 is 5.32 Å². The highest BCUT2D eigenvalue weighted by Crippen LogP contribution is 2.23. The molecule has 1 heterocycles. The van der Waals surface area contributed by atoms with Gasteiger partial charge in [0.15, 0.2) is 0 Å². The average molecular weight is 277 g/mol. The van der Waals surface area contributed by atoms with Crippen LogP contribution in [0.4, 0.5) is 0 Å². The van der Waals surface area contributed by atoms with Crippen molar-refractivity contribution in [1.29, 1.82) is 0 Å². The molecule has 0 fully saturated rings. The molecule has 0 bridgehead atoms. The van der Waals surface area contributed by atoms with Gasteiger partial charge in [0.25, 0.3) is 0 Å². The van der Waals surface area contributed by atoms with Crippen LogP contribution >= 0.6 is 22.9 Å². The molecular formula is C12H21ClN2OS. The molecule has 0 aromatic carbocycles. The summed E-state index contributed by atoms with van der Waals surface area (Å²) in [7, 11) is 1.66. The number of alkyl halides is 1. The number of hydrogen-bond acceptors (Lipinski definition) is 4. The van der Waals surface area contributed by atoms with Gasteiger partial charge < -0.3 is 10.1 Å². The first-order valence-corrected chi connectivity index (χ1v) is 7.03. The maximum Gasteiger partial charge on any atom is 0.107 e. The van der Waals surface area contributed by atoms with E-state index in [1.54, 1.807) is 18.4 Å². The Morgan fingerprint density at radius 3 is 2.76 bits per heavy atom. The number of thiazole rings is 1. The lowest BCUT2D eigenvalue weighted by molar-refractivity contribution is 0.197. The molecule has 0 amide bonds. The van der Waals surface area contributed by atoms with Crippen LogP contribution in [0.15, 0.2) is 5.38 Å². The first kappa shape index (κ1) is 14.9. The molecule has 1 aromatic rings. The van der Waals surface area contributed by atoms with Crippen LogP contribution in [-0.4, -0.2) is 30.6 Å². The molecule has 1 N–H and O–H groups in total. The number of rotatable bonds is 6. The number of halogens is 1. The standard InChI is InChI=1S/C12H21ClN2OS/c1-12(2,3)10-8-17-11(15-10)6-14-5-9(13)7-16-4/h8-9,14H,5-7H2,1-4H3. The molecule has 0 saturated carbocycles. The second-order valence-corrected chi connectivity index (χ2v) is 6.62. The molecule has 0 radical (unpaired) electrons. The lowest BCUT2D eigenvalue weighted by atomic mass is 9.93. The van der Waals surface area contributed by atoms with Crippen molar-refractivity contribution in [2.45, 2.75) is 38.1 Å². The minimum absolute atomic E-state index is 0.0158. The van der Waals surface area contributed by atoms with E-state index in [2.05, 4.69) is 36.5 Å². The molecule has 5 heteroatoms. The van der Waals surface area contributed by atoms with Gasteiger partial charge in [-0.05, 0) is 0 Å². The Morgan fingerprint density at radius 2 is 2.24 bits per heavy atom. The largest absolute Gasteiger partial charge is 0.383 e. The third kappa shape index (κ3) is 5.34. The number of nitrogens with zero attached hydrogens (tertiary/aromatic N) is 1. The van der Waals surface area contributed by atoms with Gasteiger partial charge in [-0.3, -0.25) is 0 Å². The summed E-state index contributed by atoms with van der Waals surface area (Å²) < 4.78 is 4.97. The highest BCUT2D eigenvalue weighted by Gasteiger charge is 2.17. The summed E-state index contributed by atoms with van der Waals surface area (Å²) in [5.74, 6) is 0. The normalized spacial score (nSPS) is 13.9. The second-order valence-electron chi connectivity index (χ2n) is 5.06. The lowest BCUT2D eigenvalue weighted by Gasteiger charge is -2.14. The first-order valence-electron chi connectivity index (χ1n) is 5.72. The van der Waals surface area contributed by atoms with E-state index in [-0.39, 0.29) is 10.8 Å². The lowest BCUT2D eigenvalue weighted by Crippen LogP contribution is -2.25. The fourth-order valence-electron chi connectivity index (χ4n) is 1.31. The SMILES string of the molecule is COCC(Cl)CNCc1nc(C(C)(C)C)cs1. The molecule has 0 aliphatic carbocycles. The van der Waals surface area contributed by atoms with Crippen molar-refractivity contribution >= 4 is 22.9 Å². The van der Waals surface area contributed by atoms with E-state index in [1.807, 2.05) is 0 Å². The molecular weight excluding hydrogens is 256 g/mol. The Kier molecular flexibility index (Phi) is 5.86. The van der Waals surface area contributed by atoms with Crippen LogP contribution in [0.3, 0.4) is 0 Å². The van der Waals surface area contributed by atoms with E-state index < -0.39 is 0 Å². The fraction of sp³-hybridized carbons (Fsp3) is 0.750. The van der Waals surface area contributed by atoms with E-state index >= 15 is 0 Å². The zero-order valence-electron chi connectivity index (χ0n) is 10.9. The van der Waals surface area contributed by atoms with Gasteiger partial charge in [0.2, 0.25) is 0 Å². The Morgan fingerprint density at radius 1 is 1.53 bits per heavy atom. The molecule has 0 saturated heterocycles. The van der Waals surface area contributed by atoms with Crippen LogP contribution in [0.5, 0.6) is 0 Å². The molecule has 1 unspecified atom stereocenters.